The van der Waals surface area contributed by atoms with Crippen LogP contribution in [0.3, 0.4) is 0 Å². The lowest BCUT2D eigenvalue weighted by atomic mass is 10.1. The molecule has 0 bridgehead atoms. The minimum Gasteiger partial charge on any atom is -0.488 e. The Morgan fingerprint density at radius 2 is 1.62 bits per heavy atom. The van der Waals surface area contributed by atoms with Crippen molar-refractivity contribution in [3.63, 3.8) is 0 Å². The Kier molecular flexibility index (Phi) is 12.2. The number of benzene rings is 2. The van der Waals surface area contributed by atoms with Gasteiger partial charge in [0.2, 0.25) is 0 Å². The molecule has 2 aromatic carbocycles. The zero-order valence-corrected chi connectivity index (χ0v) is 22.5. The number of allylic oxidation sites excluding steroid dienone is 1. The Hall–Kier alpha value is -3.12. The summed E-state index contributed by atoms with van der Waals surface area (Å²) in [5.41, 5.74) is 0.836. The van der Waals surface area contributed by atoms with Crippen LogP contribution < -0.4 is 14.2 Å². The predicted octanol–water partition coefficient (Wildman–Crippen LogP) is 6.19. The quantitative estimate of drug-likeness (QED) is 0.165. The highest BCUT2D eigenvalue weighted by atomic mass is 127. The molecule has 6 nitrogen and oxygen atoms in total. The van der Waals surface area contributed by atoms with Crippen molar-refractivity contribution >= 4 is 28.6 Å². The van der Waals surface area contributed by atoms with Crippen molar-refractivity contribution in [3.8, 4) is 29.1 Å². The summed E-state index contributed by atoms with van der Waals surface area (Å²) in [6.45, 7) is -1.17. The monoisotopic (exact) mass is 672 g/mol. The van der Waals surface area contributed by atoms with Crippen LogP contribution in [0.25, 0.3) is 0 Å². The van der Waals surface area contributed by atoms with Crippen molar-refractivity contribution < 1.29 is 55.2 Å². The van der Waals surface area contributed by atoms with E-state index in [1.807, 2.05) is 22.6 Å². The Balaban J connectivity index is 2.02. The first-order valence-corrected chi connectivity index (χ1v) is 12.3. The predicted molar refractivity (Wildman–Crippen MR) is 137 cm³/mol. The number of carboxylic acids is 1. The number of hydrogen-bond donors (Lipinski definition) is 1. The molecule has 0 saturated heterocycles. The van der Waals surface area contributed by atoms with Gasteiger partial charge in [-0.2, -0.15) is 26.3 Å². The van der Waals surface area contributed by atoms with Gasteiger partial charge < -0.3 is 24.1 Å². The fourth-order valence-electron chi connectivity index (χ4n) is 2.93. The summed E-state index contributed by atoms with van der Waals surface area (Å²) in [4.78, 5) is 11.3. The third kappa shape index (κ3) is 13.0. The average molecular weight is 672 g/mol. The Morgan fingerprint density at radius 3 is 2.13 bits per heavy atom. The molecule has 0 amide bonds. The van der Waals surface area contributed by atoms with Crippen molar-refractivity contribution in [1.82, 2.24) is 0 Å². The van der Waals surface area contributed by atoms with E-state index in [1.54, 1.807) is 31.2 Å². The Morgan fingerprint density at radius 1 is 1.00 bits per heavy atom. The topological polar surface area (TPSA) is 74.2 Å². The highest BCUT2D eigenvalue weighted by molar-refractivity contribution is 14.1. The Labute approximate surface area is 234 Å². The van der Waals surface area contributed by atoms with E-state index in [2.05, 4.69) is 21.3 Å². The van der Waals surface area contributed by atoms with E-state index in [1.165, 1.54) is 6.08 Å². The molecule has 0 aliphatic rings. The average Bonchev–Trinajstić information content (AvgIpc) is 2.83. The number of carboxylic acid groups (broad SMARTS) is 1. The number of rotatable bonds is 12. The van der Waals surface area contributed by atoms with Crippen molar-refractivity contribution in [3.05, 3.63) is 63.2 Å². The maximum Gasteiger partial charge on any atom is 0.422 e. The third-order valence-electron chi connectivity index (χ3n) is 4.50. The summed E-state index contributed by atoms with van der Waals surface area (Å²) < 4.78 is 95.6. The number of halogens is 7. The van der Waals surface area contributed by atoms with Gasteiger partial charge in [-0.1, -0.05) is 17.9 Å². The van der Waals surface area contributed by atoms with Crippen LogP contribution in [0.4, 0.5) is 26.3 Å². The van der Waals surface area contributed by atoms with Gasteiger partial charge in [-0.05, 0) is 71.5 Å². The normalized spacial score (nSPS) is 12.5. The number of alkyl halides is 6. The molecule has 0 saturated carbocycles. The lowest BCUT2D eigenvalue weighted by molar-refractivity contribution is -0.154. The molecular weight excluding hydrogens is 649 g/mol. The van der Waals surface area contributed by atoms with E-state index >= 15 is 0 Å². The van der Waals surface area contributed by atoms with Crippen LogP contribution in [0.15, 0.2) is 48.6 Å². The van der Waals surface area contributed by atoms with Gasteiger partial charge in [-0.3, -0.25) is 0 Å². The second-order valence-corrected chi connectivity index (χ2v) is 8.90. The van der Waals surface area contributed by atoms with Crippen LogP contribution in [-0.2, 0) is 16.0 Å². The van der Waals surface area contributed by atoms with Gasteiger partial charge in [0.1, 0.15) is 23.9 Å². The summed E-state index contributed by atoms with van der Waals surface area (Å²) in [6.07, 6.45) is -7.08. The molecule has 2 aromatic rings. The van der Waals surface area contributed by atoms with Crippen molar-refractivity contribution in [1.29, 1.82) is 0 Å². The third-order valence-corrected chi connectivity index (χ3v) is 5.34. The highest BCUT2D eigenvalue weighted by Gasteiger charge is 2.30. The molecule has 0 radical (unpaired) electrons. The smallest absolute Gasteiger partial charge is 0.422 e. The maximum atomic E-state index is 12.5. The van der Waals surface area contributed by atoms with E-state index in [4.69, 9.17) is 9.47 Å². The minimum absolute atomic E-state index is 0.0780. The summed E-state index contributed by atoms with van der Waals surface area (Å²) in [6, 6.07) is 8.40. The summed E-state index contributed by atoms with van der Waals surface area (Å²) in [5.74, 6) is 4.01. The highest BCUT2D eigenvalue weighted by Crippen LogP contribution is 2.27. The van der Waals surface area contributed by atoms with Crippen LogP contribution in [-0.4, -0.2) is 56.0 Å². The minimum atomic E-state index is -4.64. The molecule has 0 heterocycles. The lowest BCUT2D eigenvalue weighted by Crippen LogP contribution is -2.26. The molecule has 0 spiro atoms. The largest absolute Gasteiger partial charge is 0.488 e. The van der Waals surface area contributed by atoms with E-state index in [0.29, 0.717) is 5.75 Å². The summed E-state index contributed by atoms with van der Waals surface area (Å²) in [7, 11) is 0. The van der Waals surface area contributed by atoms with E-state index in [9.17, 15) is 36.2 Å². The molecule has 0 fully saturated rings. The van der Waals surface area contributed by atoms with Gasteiger partial charge in [0, 0.05) is 24.7 Å². The van der Waals surface area contributed by atoms with Crippen LogP contribution >= 0.6 is 22.6 Å². The van der Waals surface area contributed by atoms with Gasteiger partial charge >= 0.3 is 18.3 Å². The zero-order valence-electron chi connectivity index (χ0n) is 20.4. The van der Waals surface area contributed by atoms with Crippen LogP contribution in [0.1, 0.15) is 18.1 Å². The molecular formula is C26H23F6IO6. The van der Waals surface area contributed by atoms with Crippen LogP contribution in [0, 0.1) is 15.4 Å². The molecule has 0 aromatic heterocycles. The van der Waals surface area contributed by atoms with Gasteiger partial charge in [-0.15, -0.1) is 0 Å². The van der Waals surface area contributed by atoms with Gasteiger partial charge in [-0.25, -0.2) is 4.79 Å². The number of carbonyl (C=O) groups is 1. The SMILES string of the molecule is CCOC(Cc1ccc(OC/C=C\C#Cc2cc(OCC(F)(F)F)cc(OCC(F)(F)F)c2)c(I)c1)C(=O)O. The first-order chi connectivity index (χ1) is 18.3. The number of aliphatic carboxylic acids is 1. The Bertz CT molecular complexity index is 1160. The van der Waals surface area contributed by atoms with E-state index in [-0.39, 0.29) is 36.7 Å². The zero-order chi connectivity index (χ0) is 29.1. The summed E-state index contributed by atoms with van der Waals surface area (Å²) in [5, 5.41) is 9.22. The standard InChI is InChI=1S/C26H23F6IO6/c1-2-36-23(24(34)35)13-18-7-8-22(21(33)12-18)37-9-5-3-4-6-17-10-19(38-15-25(27,28)29)14-20(11-17)39-16-26(30,31)32/h3,5,7-8,10-12,14,23H,2,9,13,15-16H2,1H3,(H,34,35)/b5-3-. The molecule has 39 heavy (non-hydrogen) atoms. The first-order valence-electron chi connectivity index (χ1n) is 11.2. The van der Waals surface area contributed by atoms with Gasteiger partial charge in [0.15, 0.2) is 19.3 Å². The number of ether oxygens (including phenoxy) is 4. The molecule has 0 aliphatic carbocycles. The molecule has 0 aliphatic heterocycles. The molecule has 2 rings (SSSR count). The molecule has 1 atom stereocenters. The van der Waals surface area contributed by atoms with E-state index in [0.717, 1.165) is 27.3 Å². The van der Waals surface area contributed by atoms with E-state index < -0.39 is 37.6 Å². The molecule has 13 heteroatoms. The molecule has 1 N–H and O–H groups in total. The van der Waals surface area contributed by atoms with Crippen molar-refractivity contribution in [2.75, 3.05) is 26.4 Å². The lowest BCUT2D eigenvalue weighted by Gasteiger charge is -2.13. The molecule has 212 valence electrons. The summed E-state index contributed by atoms with van der Waals surface area (Å²) >= 11 is 2.05. The van der Waals surface area contributed by atoms with Crippen LogP contribution in [0.5, 0.6) is 17.2 Å². The first kappa shape index (κ1) is 32.1. The second-order valence-electron chi connectivity index (χ2n) is 7.73. The fourth-order valence-corrected chi connectivity index (χ4v) is 3.67. The fraction of sp³-hybridized carbons (Fsp3) is 0.346. The maximum absolute atomic E-state index is 12.5. The van der Waals surface area contributed by atoms with Gasteiger partial charge in [0.25, 0.3) is 0 Å². The van der Waals surface area contributed by atoms with Crippen molar-refractivity contribution in [2.45, 2.75) is 31.8 Å². The van der Waals surface area contributed by atoms with Crippen LogP contribution in [0.2, 0.25) is 0 Å². The van der Waals surface area contributed by atoms with Gasteiger partial charge in [0.05, 0.1) is 3.57 Å². The molecule has 1 unspecified atom stereocenters. The number of hydrogen-bond acceptors (Lipinski definition) is 5. The van der Waals surface area contributed by atoms with Crippen molar-refractivity contribution in [2.24, 2.45) is 0 Å². The second kappa shape index (κ2) is 14.9.